The van der Waals surface area contributed by atoms with Crippen molar-refractivity contribution < 1.29 is 14.3 Å². The van der Waals surface area contributed by atoms with Gasteiger partial charge in [0.15, 0.2) is 4.34 Å². The Morgan fingerprint density at radius 3 is 2.69 bits per heavy atom. The second-order valence-corrected chi connectivity index (χ2v) is 7.80. The predicted octanol–water partition coefficient (Wildman–Crippen LogP) is 4.32. The molecule has 1 N–H and O–H groups in total. The Morgan fingerprint density at radius 1 is 1.23 bits per heavy atom. The fraction of sp³-hybridized carbons (Fsp3) is 0.421. The Balaban J connectivity index is 1.76. The average Bonchev–Trinajstić information content (AvgIpc) is 3.07. The highest BCUT2D eigenvalue weighted by Crippen LogP contribution is 2.23. The van der Waals surface area contributed by atoms with Crippen LogP contribution in [0, 0.1) is 0 Å². The van der Waals surface area contributed by atoms with E-state index in [4.69, 9.17) is 4.74 Å². The van der Waals surface area contributed by atoms with E-state index < -0.39 is 0 Å². The molecule has 0 radical (unpaired) electrons. The molecule has 2 aromatic rings. The number of unbranched alkanes of at least 4 members (excludes halogenated alkanes) is 1. The summed E-state index contributed by atoms with van der Waals surface area (Å²) in [6, 6.07) is 7.99. The number of anilines is 1. The summed E-state index contributed by atoms with van der Waals surface area (Å²) in [5, 5.41) is 4.72. The first-order valence-corrected chi connectivity index (χ1v) is 10.6. The van der Waals surface area contributed by atoms with Crippen molar-refractivity contribution in [2.45, 2.75) is 43.9 Å². The number of hydrogen-bond acceptors (Lipinski definition) is 6. The van der Waals surface area contributed by atoms with E-state index in [1.165, 1.54) is 41.5 Å². The fourth-order valence-electron chi connectivity index (χ4n) is 2.26. The molecule has 1 amide bonds. The molecule has 0 saturated carbocycles. The minimum Gasteiger partial charge on any atom is -0.466 e. The molecule has 5 nitrogen and oxygen atoms in total. The summed E-state index contributed by atoms with van der Waals surface area (Å²) >= 11 is 2.80. The first-order valence-electron chi connectivity index (χ1n) is 8.72. The number of nitrogens with one attached hydrogen (secondary N) is 1. The van der Waals surface area contributed by atoms with Gasteiger partial charge in [0.05, 0.1) is 24.5 Å². The lowest BCUT2D eigenvalue weighted by Gasteiger charge is -2.06. The second-order valence-electron chi connectivity index (χ2n) is 5.72. The lowest BCUT2D eigenvalue weighted by Crippen LogP contribution is -2.13. The molecule has 26 heavy (non-hydrogen) atoms. The van der Waals surface area contributed by atoms with Crippen molar-refractivity contribution in [2.24, 2.45) is 0 Å². The molecule has 0 aliphatic carbocycles. The quantitative estimate of drug-likeness (QED) is 0.482. The summed E-state index contributed by atoms with van der Waals surface area (Å²) in [5.41, 5.74) is 2.77. The maximum atomic E-state index is 12.1. The number of carbonyl (C=O) groups excluding carboxylic acids is 2. The smallest absolute Gasteiger partial charge is 0.311 e. The van der Waals surface area contributed by atoms with E-state index in [2.05, 4.69) is 29.4 Å². The topological polar surface area (TPSA) is 68.3 Å². The van der Waals surface area contributed by atoms with E-state index in [9.17, 15) is 9.59 Å². The van der Waals surface area contributed by atoms with E-state index in [0.717, 1.165) is 16.4 Å². The van der Waals surface area contributed by atoms with Gasteiger partial charge in [-0.3, -0.25) is 9.59 Å². The van der Waals surface area contributed by atoms with Crippen molar-refractivity contribution in [3.63, 3.8) is 0 Å². The molecular weight excluding hydrogens is 368 g/mol. The third kappa shape index (κ3) is 7.17. The number of ether oxygens (including phenoxy) is 1. The summed E-state index contributed by atoms with van der Waals surface area (Å²) in [6.45, 7) is 4.32. The van der Waals surface area contributed by atoms with Gasteiger partial charge in [0.1, 0.15) is 0 Å². The van der Waals surface area contributed by atoms with Gasteiger partial charge >= 0.3 is 5.97 Å². The maximum absolute atomic E-state index is 12.1. The Morgan fingerprint density at radius 2 is 2.00 bits per heavy atom. The highest BCUT2D eigenvalue weighted by atomic mass is 32.2. The van der Waals surface area contributed by atoms with E-state index in [-0.39, 0.29) is 24.1 Å². The molecule has 0 aliphatic rings. The number of esters is 1. The largest absolute Gasteiger partial charge is 0.466 e. The summed E-state index contributed by atoms with van der Waals surface area (Å²) in [6.07, 6.45) is 3.59. The number of thioether (sulfide) groups is 1. The maximum Gasteiger partial charge on any atom is 0.311 e. The van der Waals surface area contributed by atoms with Gasteiger partial charge in [0.2, 0.25) is 5.91 Å². The third-order valence-electron chi connectivity index (χ3n) is 3.54. The van der Waals surface area contributed by atoms with E-state index >= 15 is 0 Å². The molecule has 0 aliphatic heterocycles. The molecular formula is C19H24N2O3S2. The molecule has 0 bridgehead atoms. The number of hydrogen-bond donors (Lipinski definition) is 1. The van der Waals surface area contributed by atoms with Gasteiger partial charge < -0.3 is 10.1 Å². The molecule has 7 heteroatoms. The van der Waals surface area contributed by atoms with Gasteiger partial charge in [0.25, 0.3) is 0 Å². The Hall–Kier alpha value is -1.86. The van der Waals surface area contributed by atoms with Crippen molar-refractivity contribution in [3.8, 4) is 0 Å². The number of aromatic nitrogens is 1. The third-order valence-corrected chi connectivity index (χ3v) is 5.61. The van der Waals surface area contributed by atoms with Gasteiger partial charge in [-0.05, 0) is 37.5 Å². The molecule has 1 heterocycles. The number of nitrogens with zero attached hydrogens (tertiary/aromatic N) is 1. The van der Waals surface area contributed by atoms with Crippen LogP contribution in [-0.2, 0) is 27.2 Å². The summed E-state index contributed by atoms with van der Waals surface area (Å²) in [5.74, 6) is -0.0721. The van der Waals surface area contributed by atoms with Crippen LogP contribution in [0.3, 0.4) is 0 Å². The number of carbonyl (C=O) groups is 2. The monoisotopic (exact) mass is 392 g/mol. The zero-order valence-corrected chi connectivity index (χ0v) is 16.8. The summed E-state index contributed by atoms with van der Waals surface area (Å²) < 4.78 is 5.68. The van der Waals surface area contributed by atoms with Crippen LogP contribution >= 0.6 is 23.1 Å². The number of thiazole rings is 1. The number of rotatable bonds is 10. The summed E-state index contributed by atoms with van der Waals surface area (Å²) in [7, 11) is 0. The molecule has 140 valence electrons. The Kier molecular flexibility index (Phi) is 8.64. The lowest BCUT2D eigenvalue weighted by atomic mass is 10.1. The zero-order chi connectivity index (χ0) is 18.8. The Bertz CT molecular complexity index is 714. The van der Waals surface area contributed by atoms with Gasteiger partial charge in [-0.15, -0.1) is 11.3 Å². The SMILES string of the molecule is CCCCc1ccc(NC(=O)CSc2nc(CC(=O)OCC)cs2)cc1. The molecule has 0 unspecified atom stereocenters. The average molecular weight is 393 g/mol. The molecule has 0 atom stereocenters. The standard InChI is InChI=1S/C19H24N2O3S2/c1-3-5-6-14-7-9-15(10-8-14)20-17(22)13-26-19-21-16(12-25-19)11-18(23)24-4-2/h7-10,12H,3-6,11,13H2,1-2H3,(H,20,22). The van der Waals surface area contributed by atoms with E-state index in [0.29, 0.717) is 12.3 Å². The molecule has 0 fully saturated rings. The Labute approximate surface area is 162 Å². The van der Waals surface area contributed by atoms with Gasteiger partial charge in [-0.2, -0.15) is 0 Å². The molecule has 0 spiro atoms. The minimum absolute atomic E-state index is 0.0709. The van der Waals surface area contributed by atoms with Crippen molar-refractivity contribution in [1.82, 2.24) is 4.98 Å². The molecule has 2 rings (SSSR count). The van der Waals surface area contributed by atoms with Gasteiger partial charge in [-0.25, -0.2) is 4.98 Å². The first kappa shape index (κ1) is 20.5. The van der Waals surface area contributed by atoms with Crippen molar-refractivity contribution >= 4 is 40.7 Å². The molecule has 1 aromatic carbocycles. The number of amides is 1. The minimum atomic E-state index is -0.283. The lowest BCUT2D eigenvalue weighted by molar-refractivity contribution is -0.142. The van der Waals surface area contributed by atoms with E-state index in [1.54, 1.807) is 6.92 Å². The summed E-state index contributed by atoms with van der Waals surface area (Å²) in [4.78, 5) is 27.9. The van der Waals surface area contributed by atoms with Crippen LogP contribution in [0.25, 0.3) is 0 Å². The normalized spacial score (nSPS) is 10.5. The van der Waals surface area contributed by atoms with Crippen LogP contribution in [0.15, 0.2) is 34.0 Å². The van der Waals surface area contributed by atoms with Crippen molar-refractivity contribution in [1.29, 1.82) is 0 Å². The van der Waals surface area contributed by atoms with E-state index in [1.807, 2.05) is 17.5 Å². The van der Waals surface area contributed by atoms with Crippen molar-refractivity contribution in [2.75, 3.05) is 17.7 Å². The van der Waals surface area contributed by atoms with Crippen LogP contribution < -0.4 is 5.32 Å². The van der Waals surface area contributed by atoms with Crippen LogP contribution in [0.5, 0.6) is 0 Å². The fourth-order valence-corrected chi connectivity index (χ4v) is 3.90. The van der Waals surface area contributed by atoms with Crippen LogP contribution in [0.4, 0.5) is 5.69 Å². The van der Waals surface area contributed by atoms with Crippen LogP contribution in [-0.4, -0.2) is 29.2 Å². The van der Waals surface area contributed by atoms with Crippen molar-refractivity contribution in [3.05, 3.63) is 40.9 Å². The number of aryl methyl sites for hydroxylation is 1. The first-order chi connectivity index (χ1) is 12.6. The molecule has 0 saturated heterocycles. The number of benzene rings is 1. The van der Waals surface area contributed by atoms with Gasteiger partial charge in [0, 0.05) is 11.1 Å². The zero-order valence-electron chi connectivity index (χ0n) is 15.1. The highest BCUT2D eigenvalue weighted by Gasteiger charge is 2.10. The predicted molar refractivity (Wildman–Crippen MR) is 107 cm³/mol. The highest BCUT2D eigenvalue weighted by molar-refractivity contribution is 8.01. The van der Waals surface area contributed by atoms with Gasteiger partial charge in [-0.1, -0.05) is 37.2 Å². The van der Waals surface area contributed by atoms with Crippen LogP contribution in [0.2, 0.25) is 0 Å². The second kappa shape index (κ2) is 11.0. The van der Waals surface area contributed by atoms with Crippen LogP contribution in [0.1, 0.15) is 37.9 Å². The molecule has 1 aromatic heterocycles.